The van der Waals surface area contributed by atoms with Crippen LogP contribution in [-0.4, -0.2) is 22.5 Å². The highest BCUT2D eigenvalue weighted by Crippen LogP contribution is 2.16. The standard InChI is InChI=1S/C13H17NO3S/c1-3-13(4-2,12(16)17)14-11(15)8-7-10-6-5-9-18-10/h5-9H,3-4H2,1-2H3,(H,14,15)(H,16,17). The number of hydrogen-bond acceptors (Lipinski definition) is 3. The Labute approximate surface area is 110 Å². The summed E-state index contributed by atoms with van der Waals surface area (Å²) in [6.45, 7) is 3.50. The number of thiophene rings is 1. The highest BCUT2D eigenvalue weighted by molar-refractivity contribution is 7.10. The molecule has 0 aliphatic carbocycles. The Morgan fingerprint density at radius 2 is 2.11 bits per heavy atom. The van der Waals surface area contributed by atoms with Gasteiger partial charge in [0.2, 0.25) is 5.91 Å². The Balaban J connectivity index is 2.71. The summed E-state index contributed by atoms with van der Waals surface area (Å²) in [7, 11) is 0. The predicted molar refractivity (Wildman–Crippen MR) is 72.4 cm³/mol. The first-order chi connectivity index (χ1) is 8.54. The molecule has 0 aromatic carbocycles. The minimum Gasteiger partial charge on any atom is -0.480 e. The number of nitrogens with one attached hydrogen (secondary N) is 1. The summed E-state index contributed by atoms with van der Waals surface area (Å²) in [5, 5.41) is 13.7. The molecule has 0 saturated carbocycles. The van der Waals surface area contributed by atoms with E-state index in [0.717, 1.165) is 4.88 Å². The molecular weight excluding hydrogens is 250 g/mol. The van der Waals surface area contributed by atoms with Gasteiger partial charge in [-0.2, -0.15) is 0 Å². The van der Waals surface area contributed by atoms with Crippen LogP contribution >= 0.6 is 11.3 Å². The molecule has 98 valence electrons. The summed E-state index contributed by atoms with van der Waals surface area (Å²) < 4.78 is 0. The van der Waals surface area contributed by atoms with E-state index in [0.29, 0.717) is 12.8 Å². The number of carboxylic acids is 1. The number of amides is 1. The van der Waals surface area contributed by atoms with E-state index in [9.17, 15) is 14.7 Å². The lowest BCUT2D eigenvalue weighted by atomic mass is 9.93. The third-order valence-electron chi connectivity index (χ3n) is 2.92. The van der Waals surface area contributed by atoms with Gasteiger partial charge in [-0.15, -0.1) is 11.3 Å². The van der Waals surface area contributed by atoms with Crippen molar-refractivity contribution in [2.24, 2.45) is 0 Å². The number of carbonyl (C=O) groups is 2. The first kappa shape index (κ1) is 14.4. The van der Waals surface area contributed by atoms with Crippen LogP contribution in [0.1, 0.15) is 31.6 Å². The smallest absolute Gasteiger partial charge is 0.329 e. The fourth-order valence-electron chi connectivity index (χ4n) is 1.60. The molecule has 1 heterocycles. The molecule has 0 aliphatic rings. The van der Waals surface area contributed by atoms with Crippen LogP contribution in [0, 0.1) is 0 Å². The Kier molecular flexibility index (Phi) is 5.09. The fraction of sp³-hybridized carbons (Fsp3) is 0.385. The van der Waals surface area contributed by atoms with Crippen LogP contribution in [0.3, 0.4) is 0 Å². The van der Waals surface area contributed by atoms with Crippen LogP contribution in [0.15, 0.2) is 23.6 Å². The molecule has 1 amide bonds. The molecule has 0 unspecified atom stereocenters. The fourth-order valence-corrected chi connectivity index (χ4v) is 2.22. The van der Waals surface area contributed by atoms with Gasteiger partial charge in [0, 0.05) is 11.0 Å². The minimum atomic E-state index is -1.17. The third-order valence-corrected chi connectivity index (χ3v) is 3.76. The Hall–Kier alpha value is -1.62. The maximum atomic E-state index is 11.7. The van der Waals surface area contributed by atoms with Gasteiger partial charge in [-0.3, -0.25) is 4.79 Å². The van der Waals surface area contributed by atoms with Crippen LogP contribution in [0.5, 0.6) is 0 Å². The van der Waals surface area contributed by atoms with E-state index in [-0.39, 0.29) is 5.91 Å². The second-order valence-corrected chi connectivity index (χ2v) is 4.91. The lowest BCUT2D eigenvalue weighted by Gasteiger charge is -2.27. The maximum absolute atomic E-state index is 11.7. The van der Waals surface area contributed by atoms with Gasteiger partial charge in [0.05, 0.1) is 0 Å². The predicted octanol–water partition coefficient (Wildman–Crippen LogP) is 2.52. The van der Waals surface area contributed by atoms with Crippen molar-refractivity contribution in [2.45, 2.75) is 32.2 Å². The van der Waals surface area contributed by atoms with Crippen LogP contribution in [-0.2, 0) is 9.59 Å². The lowest BCUT2D eigenvalue weighted by Crippen LogP contribution is -2.53. The Morgan fingerprint density at radius 3 is 2.56 bits per heavy atom. The van der Waals surface area contributed by atoms with Crippen molar-refractivity contribution < 1.29 is 14.7 Å². The average Bonchev–Trinajstić information content (AvgIpc) is 2.86. The van der Waals surface area contributed by atoms with Gasteiger partial charge < -0.3 is 10.4 Å². The molecule has 2 N–H and O–H groups in total. The molecule has 0 aliphatic heterocycles. The van der Waals surface area contributed by atoms with Crippen LogP contribution in [0.2, 0.25) is 0 Å². The summed E-state index contributed by atoms with van der Waals surface area (Å²) in [5.41, 5.74) is -1.17. The molecule has 0 spiro atoms. The van der Waals surface area contributed by atoms with Gasteiger partial charge in [0.25, 0.3) is 0 Å². The molecular formula is C13H17NO3S. The molecule has 1 rings (SSSR count). The van der Waals surface area contributed by atoms with Gasteiger partial charge >= 0.3 is 5.97 Å². The quantitative estimate of drug-likeness (QED) is 0.778. The molecule has 0 radical (unpaired) electrons. The largest absolute Gasteiger partial charge is 0.480 e. The highest BCUT2D eigenvalue weighted by Gasteiger charge is 2.35. The number of carbonyl (C=O) groups excluding carboxylic acids is 1. The van der Waals surface area contributed by atoms with Crippen molar-refractivity contribution in [1.29, 1.82) is 0 Å². The van der Waals surface area contributed by atoms with Gasteiger partial charge in [0.15, 0.2) is 0 Å². The molecule has 0 saturated heterocycles. The van der Waals surface area contributed by atoms with E-state index in [1.54, 1.807) is 19.9 Å². The van der Waals surface area contributed by atoms with E-state index < -0.39 is 11.5 Å². The molecule has 1 aromatic heterocycles. The van der Waals surface area contributed by atoms with Crippen molar-refractivity contribution in [2.75, 3.05) is 0 Å². The summed E-state index contributed by atoms with van der Waals surface area (Å²) in [6, 6.07) is 3.78. The van der Waals surface area contributed by atoms with Crippen molar-refractivity contribution >= 4 is 29.3 Å². The van der Waals surface area contributed by atoms with Crippen molar-refractivity contribution in [3.8, 4) is 0 Å². The van der Waals surface area contributed by atoms with Gasteiger partial charge in [-0.25, -0.2) is 4.79 Å². The van der Waals surface area contributed by atoms with E-state index >= 15 is 0 Å². The van der Waals surface area contributed by atoms with Crippen LogP contribution in [0.25, 0.3) is 6.08 Å². The summed E-state index contributed by atoms with van der Waals surface area (Å²) in [4.78, 5) is 23.9. The van der Waals surface area contributed by atoms with Gasteiger partial charge in [0.1, 0.15) is 5.54 Å². The zero-order valence-electron chi connectivity index (χ0n) is 10.5. The molecule has 5 heteroatoms. The summed E-state index contributed by atoms with van der Waals surface area (Å²) in [5.74, 6) is -1.38. The van der Waals surface area contributed by atoms with Crippen LogP contribution in [0.4, 0.5) is 0 Å². The molecule has 18 heavy (non-hydrogen) atoms. The molecule has 4 nitrogen and oxygen atoms in total. The summed E-state index contributed by atoms with van der Waals surface area (Å²) >= 11 is 1.52. The van der Waals surface area contributed by atoms with Gasteiger partial charge in [-0.1, -0.05) is 19.9 Å². The zero-order chi connectivity index (χ0) is 13.6. The Bertz CT molecular complexity index is 433. The molecule has 0 atom stereocenters. The lowest BCUT2D eigenvalue weighted by molar-refractivity contribution is -0.147. The monoisotopic (exact) mass is 267 g/mol. The second-order valence-electron chi connectivity index (χ2n) is 3.93. The van der Waals surface area contributed by atoms with E-state index in [2.05, 4.69) is 5.32 Å². The topological polar surface area (TPSA) is 66.4 Å². The highest BCUT2D eigenvalue weighted by atomic mass is 32.1. The second kappa shape index (κ2) is 6.35. The normalized spacial score (nSPS) is 11.7. The maximum Gasteiger partial charge on any atom is 0.329 e. The van der Waals surface area contributed by atoms with Crippen LogP contribution < -0.4 is 5.32 Å². The third kappa shape index (κ3) is 3.43. The first-order valence-electron chi connectivity index (χ1n) is 5.81. The first-order valence-corrected chi connectivity index (χ1v) is 6.69. The van der Waals surface area contributed by atoms with E-state index in [4.69, 9.17) is 0 Å². The minimum absolute atomic E-state index is 0.359. The van der Waals surface area contributed by atoms with Gasteiger partial charge in [-0.05, 0) is 30.4 Å². The molecule has 0 fully saturated rings. The number of hydrogen-bond donors (Lipinski definition) is 2. The SMILES string of the molecule is CCC(CC)(NC(=O)C=Cc1cccs1)C(=O)O. The van der Waals surface area contributed by atoms with E-state index in [1.165, 1.54) is 17.4 Å². The zero-order valence-corrected chi connectivity index (χ0v) is 11.3. The molecule has 1 aromatic rings. The van der Waals surface area contributed by atoms with Crippen molar-refractivity contribution in [1.82, 2.24) is 5.32 Å². The van der Waals surface area contributed by atoms with E-state index in [1.807, 2.05) is 17.5 Å². The van der Waals surface area contributed by atoms with Crippen molar-refractivity contribution in [3.63, 3.8) is 0 Å². The summed E-state index contributed by atoms with van der Waals surface area (Å²) in [6.07, 6.45) is 3.77. The Morgan fingerprint density at radius 1 is 1.44 bits per heavy atom. The average molecular weight is 267 g/mol. The molecule has 0 bridgehead atoms. The number of carboxylic acid groups (broad SMARTS) is 1. The number of aliphatic carboxylic acids is 1. The number of rotatable bonds is 6. The van der Waals surface area contributed by atoms with Crippen molar-refractivity contribution in [3.05, 3.63) is 28.5 Å².